The highest BCUT2D eigenvalue weighted by Crippen LogP contribution is 2.34. The van der Waals surface area contributed by atoms with Gasteiger partial charge in [0.1, 0.15) is 11.8 Å². The minimum Gasteiger partial charge on any atom is -0.468 e. The predicted octanol–water partition coefficient (Wildman–Crippen LogP) is 2.55. The molecule has 3 unspecified atom stereocenters. The molecule has 1 aliphatic heterocycles. The minimum atomic E-state index is -0.376. The Kier molecular flexibility index (Phi) is 4.71. The highest BCUT2D eigenvalue weighted by Gasteiger charge is 2.28. The maximum absolute atomic E-state index is 12.3. The number of hydrogen-bond acceptors (Lipinski definition) is 4. The van der Waals surface area contributed by atoms with E-state index in [0.29, 0.717) is 13.0 Å². The second kappa shape index (κ2) is 6.77. The Labute approximate surface area is 141 Å². The van der Waals surface area contributed by atoms with E-state index in [-0.39, 0.29) is 29.6 Å². The van der Waals surface area contributed by atoms with E-state index in [1.807, 2.05) is 24.4 Å². The SMILES string of the molecule is COC(=O)C1Cc2c[nH]c3cccc(c23)C(C(C)=O)CC(C)CN1. The molecule has 1 aromatic carbocycles. The fraction of sp³-hybridized carbons (Fsp3) is 0.474. The van der Waals surface area contributed by atoms with Crippen LogP contribution in [0.5, 0.6) is 0 Å². The maximum atomic E-state index is 12.3. The van der Waals surface area contributed by atoms with Gasteiger partial charge >= 0.3 is 5.97 Å². The van der Waals surface area contributed by atoms with E-state index in [2.05, 4.69) is 17.2 Å². The molecule has 0 bridgehead atoms. The number of nitrogens with one attached hydrogen (secondary N) is 2. The first-order valence-electron chi connectivity index (χ1n) is 8.41. The molecular weight excluding hydrogens is 304 g/mol. The number of carbonyl (C=O) groups excluding carboxylic acids is 2. The Morgan fingerprint density at radius 3 is 2.79 bits per heavy atom. The smallest absolute Gasteiger partial charge is 0.323 e. The Morgan fingerprint density at radius 1 is 1.29 bits per heavy atom. The molecule has 0 fully saturated rings. The van der Waals surface area contributed by atoms with Crippen molar-refractivity contribution in [1.29, 1.82) is 0 Å². The number of esters is 1. The molecule has 0 radical (unpaired) electrons. The van der Waals surface area contributed by atoms with Crippen LogP contribution in [0.25, 0.3) is 10.9 Å². The summed E-state index contributed by atoms with van der Waals surface area (Å²) in [5.41, 5.74) is 3.11. The molecule has 5 nitrogen and oxygen atoms in total. The van der Waals surface area contributed by atoms with Gasteiger partial charge in [-0.3, -0.25) is 9.59 Å². The highest BCUT2D eigenvalue weighted by molar-refractivity contribution is 5.94. The molecule has 0 saturated heterocycles. The third-order valence-corrected chi connectivity index (χ3v) is 4.95. The van der Waals surface area contributed by atoms with E-state index < -0.39 is 0 Å². The van der Waals surface area contributed by atoms with Crippen LogP contribution in [0, 0.1) is 5.92 Å². The summed E-state index contributed by atoms with van der Waals surface area (Å²) in [5.74, 6) is 0.0980. The number of benzene rings is 1. The molecule has 3 atom stereocenters. The first-order chi connectivity index (χ1) is 11.5. The van der Waals surface area contributed by atoms with Crippen molar-refractivity contribution in [3.63, 3.8) is 0 Å². The minimum absolute atomic E-state index is 0.116. The van der Waals surface area contributed by atoms with Gasteiger partial charge in [0.05, 0.1) is 7.11 Å². The van der Waals surface area contributed by atoms with Crippen molar-refractivity contribution >= 4 is 22.7 Å². The molecule has 2 N–H and O–H groups in total. The van der Waals surface area contributed by atoms with Crippen LogP contribution >= 0.6 is 0 Å². The van der Waals surface area contributed by atoms with Gasteiger partial charge in [0, 0.05) is 29.4 Å². The third kappa shape index (κ3) is 3.08. The largest absolute Gasteiger partial charge is 0.468 e. The second-order valence-electron chi connectivity index (χ2n) is 6.78. The van der Waals surface area contributed by atoms with Crippen LogP contribution in [0.15, 0.2) is 24.4 Å². The van der Waals surface area contributed by atoms with E-state index in [4.69, 9.17) is 4.74 Å². The number of Topliss-reactive ketones (excluding diaryl/α,β-unsaturated/α-hetero) is 1. The maximum Gasteiger partial charge on any atom is 0.323 e. The first-order valence-corrected chi connectivity index (χ1v) is 8.41. The Morgan fingerprint density at radius 2 is 2.08 bits per heavy atom. The van der Waals surface area contributed by atoms with Crippen molar-refractivity contribution in [2.24, 2.45) is 5.92 Å². The van der Waals surface area contributed by atoms with Gasteiger partial charge < -0.3 is 15.0 Å². The van der Waals surface area contributed by atoms with Crippen molar-refractivity contribution in [1.82, 2.24) is 10.3 Å². The molecule has 2 aromatic rings. The lowest BCUT2D eigenvalue weighted by atomic mass is 9.83. The van der Waals surface area contributed by atoms with Crippen molar-refractivity contribution in [3.8, 4) is 0 Å². The molecule has 24 heavy (non-hydrogen) atoms. The van der Waals surface area contributed by atoms with E-state index in [1.165, 1.54) is 7.11 Å². The summed E-state index contributed by atoms with van der Waals surface area (Å²) in [7, 11) is 1.42. The summed E-state index contributed by atoms with van der Waals surface area (Å²) in [6, 6.07) is 5.66. The van der Waals surface area contributed by atoms with E-state index >= 15 is 0 Å². The van der Waals surface area contributed by atoms with Crippen molar-refractivity contribution in [2.45, 2.75) is 38.6 Å². The molecule has 3 rings (SSSR count). The summed E-state index contributed by atoms with van der Waals surface area (Å²) in [4.78, 5) is 27.7. The fourth-order valence-electron chi connectivity index (χ4n) is 3.68. The Hall–Kier alpha value is -2.14. The normalized spacial score (nSPS) is 24.5. The van der Waals surface area contributed by atoms with Gasteiger partial charge in [0.2, 0.25) is 0 Å². The number of rotatable bonds is 2. The van der Waals surface area contributed by atoms with Gasteiger partial charge in [-0.25, -0.2) is 0 Å². The standard InChI is InChI=1S/C19H24N2O3/c1-11-7-15(12(2)22)14-5-4-6-16-18(14)13(10-21-16)8-17(20-9-11)19(23)24-3/h4-6,10-11,15,17,20-21H,7-9H2,1-3H3. The third-order valence-electron chi connectivity index (χ3n) is 4.95. The topological polar surface area (TPSA) is 71.2 Å². The molecule has 0 amide bonds. The zero-order valence-electron chi connectivity index (χ0n) is 14.4. The van der Waals surface area contributed by atoms with E-state index in [9.17, 15) is 9.59 Å². The molecule has 5 heteroatoms. The monoisotopic (exact) mass is 328 g/mol. The predicted molar refractivity (Wildman–Crippen MR) is 93.0 cm³/mol. The summed E-state index contributed by atoms with van der Waals surface area (Å²) in [5, 5.41) is 4.38. The van der Waals surface area contributed by atoms with Crippen LogP contribution in [-0.2, 0) is 20.7 Å². The van der Waals surface area contributed by atoms with E-state index in [1.54, 1.807) is 6.92 Å². The van der Waals surface area contributed by atoms with E-state index in [0.717, 1.165) is 28.5 Å². The quantitative estimate of drug-likeness (QED) is 0.831. The number of aromatic nitrogens is 1. The van der Waals surface area contributed by atoms with Gasteiger partial charge in [-0.2, -0.15) is 0 Å². The van der Waals surface area contributed by atoms with Crippen molar-refractivity contribution < 1.29 is 14.3 Å². The zero-order valence-corrected chi connectivity index (χ0v) is 14.4. The van der Waals surface area contributed by atoms with Crippen molar-refractivity contribution in [3.05, 3.63) is 35.5 Å². The Bertz CT molecular complexity index is 765. The lowest BCUT2D eigenvalue weighted by Crippen LogP contribution is -2.42. The van der Waals surface area contributed by atoms with Crippen LogP contribution in [-0.4, -0.2) is 36.4 Å². The second-order valence-corrected chi connectivity index (χ2v) is 6.78. The van der Waals surface area contributed by atoms with Crippen LogP contribution < -0.4 is 5.32 Å². The average molecular weight is 328 g/mol. The summed E-state index contributed by atoms with van der Waals surface area (Å²) < 4.78 is 4.95. The molecular formula is C19H24N2O3. The number of H-pyrrole nitrogens is 1. The van der Waals surface area contributed by atoms with Gasteiger partial charge in [0.25, 0.3) is 0 Å². The molecule has 0 spiro atoms. The van der Waals surface area contributed by atoms with Crippen LogP contribution in [0.3, 0.4) is 0 Å². The van der Waals surface area contributed by atoms with Gasteiger partial charge in [0.15, 0.2) is 0 Å². The molecule has 1 aromatic heterocycles. The molecule has 1 aliphatic rings. The fourth-order valence-corrected chi connectivity index (χ4v) is 3.68. The average Bonchev–Trinajstić information content (AvgIpc) is 2.98. The molecule has 128 valence electrons. The Balaban J connectivity index is 2.14. The van der Waals surface area contributed by atoms with Gasteiger partial charge in [-0.1, -0.05) is 19.1 Å². The number of methoxy groups -OCH3 is 1. The van der Waals surface area contributed by atoms with Gasteiger partial charge in [-0.05, 0) is 43.0 Å². The van der Waals surface area contributed by atoms with Crippen LogP contribution in [0.4, 0.5) is 0 Å². The van der Waals surface area contributed by atoms with Crippen LogP contribution in [0.1, 0.15) is 37.3 Å². The summed E-state index contributed by atoms with van der Waals surface area (Å²) >= 11 is 0. The number of ether oxygens (including phenoxy) is 1. The first kappa shape index (κ1) is 16.7. The molecule has 0 saturated carbocycles. The number of ketones is 1. The lowest BCUT2D eigenvalue weighted by Gasteiger charge is -2.25. The van der Waals surface area contributed by atoms with Gasteiger partial charge in [-0.15, -0.1) is 0 Å². The summed E-state index contributed by atoms with van der Waals surface area (Å²) in [6.07, 6.45) is 3.25. The number of hydrogen-bond donors (Lipinski definition) is 2. The zero-order chi connectivity index (χ0) is 17.3. The number of aromatic amines is 1. The molecule has 2 heterocycles. The lowest BCUT2D eigenvalue weighted by molar-refractivity contribution is -0.143. The highest BCUT2D eigenvalue weighted by atomic mass is 16.5. The summed E-state index contributed by atoms with van der Waals surface area (Å²) in [6.45, 7) is 4.45. The molecule has 0 aliphatic carbocycles. The van der Waals surface area contributed by atoms with Crippen molar-refractivity contribution in [2.75, 3.05) is 13.7 Å². The number of carbonyl (C=O) groups is 2. The van der Waals surface area contributed by atoms with Crippen LogP contribution in [0.2, 0.25) is 0 Å².